The summed E-state index contributed by atoms with van der Waals surface area (Å²) in [5, 5.41) is 1.10. The molecular weight excluding hydrogens is 202 g/mol. The van der Waals surface area contributed by atoms with Crippen molar-refractivity contribution in [3.05, 3.63) is 41.6 Å². The normalized spacial score (nSPS) is 11.8. The maximum atomic E-state index is 11.3. The quantitative estimate of drug-likeness (QED) is 0.618. The van der Waals surface area contributed by atoms with Crippen LogP contribution in [0.4, 0.5) is 0 Å². The van der Waals surface area contributed by atoms with Crippen molar-refractivity contribution >= 4 is 22.9 Å². The fourth-order valence-electron chi connectivity index (χ4n) is 1.67. The van der Waals surface area contributed by atoms with E-state index < -0.39 is 0 Å². The zero-order valence-electron chi connectivity index (χ0n) is 9.28. The summed E-state index contributed by atoms with van der Waals surface area (Å²) in [5.74, 6) is -0.301. The van der Waals surface area contributed by atoms with Gasteiger partial charge in [0.25, 0.3) is 0 Å². The Balaban J connectivity index is 2.45. The lowest BCUT2D eigenvalue weighted by Crippen LogP contribution is -2.00. The number of para-hydroxylation sites is 1. The van der Waals surface area contributed by atoms with Crippen molar-refractivity contribution < 1.29 is 9.53 Å². The summed E-state index contributed by atoms with van der Waals surface area (Å²) in [4.78, 5) is 14.4. The summed E-state index contributed by atoms with van der Waals surface area (Å²) in [5.41, 5.74) is 2.65. The predicted octanol–water partition coefficient (Wildman–Crippen LogP) is 2.74. The van der Waals surface area contributed by atoms with Gasteiger partial charge in [-0.1, -0.05) is 18.2 Å². The van der Waals surface area contributed by atoms with E-state index in [4.69, 9.17) is 0 Å². The second-order valence-corrected chi connectivity index (χ2v) is 3.61. The molecule has 2 aromatic rings. The Labute approximate surface area is 93.7 Å². The Morgan fingerprint density at radius 3 is 2.88 bits per heavy atom. The fourth-order valence-corrected chi connectivity index (χ4v) is 1.67. The molecule has 1 N–H and O–H groups in total. The minimum atomic E-state index is -0.301. The Bertz CT molecular complexity index is 552. The van der Waals surface area contributed by atoms with Crippen molar-refractivity contribution in [1.29, 1.82) is 0 Å². The third kappa shape index (κ3) is 1.84. The largest absolute Gasteiger partial charge is 0.466 e. The van der Waals surface area contributed by atoms with Crippen LogP contribution >= 0.6 is 0 Å². The number of fused-ring (bicyclic) bond motifs is 1. The Hall–Kier alpha value is -2.03. The van der Waals surface area contributed by atoms with Crippen molar-refractivity contribution in [2.24, 2.45) is 0 Å². The van der Waals surface area contributed by atoms with E-state index >= 15 is 0 Å². The monoisotopic (exact) mass is 215 g/mol. The molecule has 0 aliphatic carbocycles. The Kier molecular flexibility index (Phi) is 2.77. The SMILES string of the molecule is COC(=O)C(C)=Cc1c[nH]c2ccccc12. The number of carbonyl (C=O) groups excluding carboxylic acids is 1. The van der Waals surface area contributed by atoms with E-state index in [1.807, 2.05) is 36.5 Å². The maximum absolute atomic E-state index is 11.3. The second kappa shape index (κ2) is 4.23. The standard InChI is InChI=1S/C13H13NO2/c1-9(13(15)16-2)7-10-8-14-12-6-4-3-5-11(10)12/h3-8,14H,1-2H3. The molecular formula is C13H13NO2. The second-order valence-electron chi connectivity index (χ2n) is 3.61. The minimum absolute atomic E-state index is 0.301. The van der Waals surface area contributed by atoms with Crippen LogP contribution in [-0.4, -0.2) is 18.1 Å². The van der Waals surface area contributed by atoms with Gasteiger partial charge < -0.3 is 9.72 Å². The van der Waals surface area contributed by atoms with E-state index in [0.717, 1.165) is 16.5 Å². The van der Waals surface area contributed by atoms with Crippen LogP contribution in [0.25, 0.3) is 17.0 Å². The third-order valence-electron chi connectivity index (χ3n) is 2.50. The molecule has 82 valence electrons. The summed E-state index contributed by atoms with van der Waals surface area (Å²) < 4.78 is 4.66. The van der Waals surface area contributed by atoms with Crippen molar-refractivity contribution in [2.45, 2.75) is 6.92 Å². The lowest BCUT2D eigenvalue weighted by Gasteiger charge is -1.97. The van der Waals surface area contributed by atoms with E-state index in [0.29, 0.717) is 5.57 Å². The van der Waals surface area contributed by atoms with Gasteiger partial charge in [-0.15, -0.1) is 0 Å². The van der Waals surface area contributed by atoms with Gasteiger partial charge in [0.15, 0.2) is 0 Å². The van der Waals surface area contributed by atoms with Gasteiger partial charge in [-0.2, -0.15) is 0 Å². The molecule has 1 aromatic heterocycles. The van der Waals surface area contributed by atoms with Crippen molar-refractivity contribution in [3.8, 4) is 0 Å². The number of aromatic amines is 1. The molecule has 1 heterocycles. The first-order valence-corrected chi connectivity index (χ1v) is 5.05. The zero-order chi connectivity index (χ0) is 11.5. The molecule has 3 heteroatoms. The van der Waals surface area contributed by atoms with Gasteiger partial charge in [0, 0.05) is 28.2 Å². The van der Waals surface area contributed by atoms with Crippen molar-refractivity contribution in [3.63, 3.8) is 0 Å². The number of aromatic nitrogens is 1. The van der Waals surface area contributed by atoms with E-state index in [2.05, 4.69) is 9.72 Å². The number of carbonyl (C=O) groups is 1. The molecule has 1 aromatic carbocycles. The van der Waals surface area contributed by atoms with Crippen molar-refractivity contribution in [1.82, 2.24) is 4.98 Å². The van der Waals surface area contributed by atoms with Gasteiger partial charge in [0.2, 0.25) is 0 Å². The number of ether oxygens (including phenoxy) is 1. The molecule has 0 bridgehead atoms. The first-order chi connectivity index (χ1) is 7.72. The van der Waals surface area contributed by atoms with Crippen LogP contribution < -0.4 is 0 Å². The van der Waals surface area contributed by atoms with E-state index in [1.54, 1.807) is 6.92 Å². The predicted molar refractivity (Wildman–Crippen MR) is 64.0 cm³/mol. The van der Waals surface area contributed by atoms with E-state index in [1.165, 1.54) is 7.11 Å². The Morgan fingerprint density at radius 1 is 1.38 bits per heavy atom. The fraction of sp³-hybridized carbons (Fsp3) is 0.154. The van der Waals surface area contributed by atoms with Crippen LogP contribution in [0, 0.1) is 0 Å². The van der Waals surface area contributed by atoms with E-state index in [-0.39, 0.29) is 5.97 Å². The zero-order valence-corrected chi connectivity index (χ0v) is 9.28. The van der Waals surface area contributed by atoms with E-state index in [9.17, 15) is 4.79 Å². The molecule has 0 aliphatic rings. The molecule has 2 rings (SSSR count). The summed E-state index contributed by atoms with van der Waals surface area (Å²) in [6.45, 7) is 1.74. The lowest BCUT2D eigenvalue weighted by molar-refractivity contribution is -0.135. The molecule has 0 radical (unpaired) electrons. The van der Waals surface area contributed by atoms with Crippen LogP contribution in [0.2, 0.25) is 0 Å². The molecule has 0 aliphatic heterocycles. The average molecular weight is 215 g/mol. The third-order valence-corrected chi connectivity index (χ3v) is 2.50. The highest BCUT2D eigenvalue weighted by Gasteiger charge is 2.05. The Morgan fingerprint density at radius 2 is 2.12 bits per heavy atom. The minimum Gasteiger partial charge on any atom is -0.466 e. The number of nitrogens with one attached hydrogen (secondary N) is 1. The van der Waals surface area contributed by atoms with Gasteiger partial charge in [0.05, 0.1) is 7.11 Å². The highest BCUT2D eigenvalue weighted by Crippen LogP contribution is 2.20. The highest BCUT2D eigenvalue weighted by atomic mass is 16.5. The number of rotatable bonds is 2. The van der Waals surface area contributed by atoms with Gasteiger partial charge in [0.1, 0.15) is 0 Å². The maximum Gasteiger partial charge on any atom is 0.333 e. The number of hydrogen-bond donors (Lipinski definition) is 1. The number of H-pyrrole nitrogens is 1. The van der Waals surface area contributed by atoms with Crippen LogP contribution in [0.5, 0.6) is 0 Å². The van der Waals surface area contributed by atoms with Gasteiger partial charge in [-0.05, 0) is 19.1 Å². The van der Waals surface area contributed by atoms with Crippen LogP contribution in [0.3, 0.4) is 0 Å². The van der Waals surface area contributed by atoms with Gasteiger partial charge in [-0.25, -0.2) is 4.79 Å². The topological polar surface area (TPSA) is 42.1 Å². The molecule has 3 nitrogen and oxygen atoms in total. The molecule has 0 spiro atoms. The molecule has 0 saturated heterocycles. The van der Waals surface area contributed by atoms with Crippen LogP contribution in [-0.2, 0) is 9.53 Å². The summed E-state index contributed by atoms with van der Waals surface area (Å²) >= 11 is 0. The van der Waals surface area contributed by atoms with Crippen LogP contribution in [0.15, 0.2) is 36.0 Å². The number of esters is 1. The van der Waals surface area contributed by atoms with Crippen LogP contribution in [0.1, 0.15) is 12.5 Å². The first kappa shape index (κ1) is 10.5. The summed E-state index contributed by atoms with van der Waals surface area (Å²) in [7, 11) is 1.38. The van der Waals surface area contributed by atoms with Crippen molar-refractivity contribution in [2.75, 3.05) is 7.11 Å². The molecule has 0 saturated carbocycles. The molecule has 0 unspecified atom stereocenters. The van der Waals surface area contributed by atoms with Gasteiger partial charge >= 0.3 is 5.97 Å². The number of benzene rings is 1. The molecule has 16 heavy (non-hydrogen) atoms. The highest BCUT2D eigenvalue weighted by molar-refractivity contribution is 5.97. The first-order valence-electron chi connectivity index (χ1n) is 5.05. The summed E-state index contributed by atoms with van der Waals surface area (Å²) in [6.07, 6.45) is 3.71. The number of hydrogen-bond acceptors (Lipinski definition) is 2. The van der Waals surface area contributed by atoms with Gasteiger partial charge in [-0.3, -0.25) is 0 Å². The smallest absolute Gasteiger partial charge is 0.333 e. The molecule has 0 fully saturated rings. The number of methoxy groups -OCH3 is 1. The average Bonchev–Trinajstić information content (AvgIpc) is 2.72. The summed E-state index contributed by atoms with van der Waals surface area (Å²) in [6, 6.07) is 7.96. The lowest BCUT2D eigenvalue weighted by atomic mass is 10.1. The molecule has 0 atom stereocenters. The molecule has 0 amide bonds.